The number of ether oxygens (including phenoxy) is 1. The summed E-state index contributed by atoms with van der Waals surface area (Å²) in [6.45, 7) is 6.48. The average Bonchev–Trinajstić information content (AvgIpc) is 2.43. The zero-order valence-corrected chi connectivity index (χ0v) is 13.9. The fourth-order valence-corrected chi connectivity index (χ4v) is 4.33. The summed E-state index contributed by atoms with van der Waals surface area (Å²) in [5.41, 5.74) is 0.844. The largest absolute Gasteiger partial charge is 0.494 e. The molecule has 0 aliphatic heterocycles. The summed E-state index contributed by atoms with van der Waals surface area (Å²) in [4.78, 5) is 0.321. The van der Waals surface area contributed by atoms with E-state index in [0.717, 1.165) is 30.6 Å². The number of hydrogen-bond acceptors (Lipinski definition) is 3. The molecule has 0 saturated heterocycles. The second-order valence-electron chi connectivity index (χ2n) is 5.85. The van der Waals surface area contributed by atoms with Gasteiger partial charge in [0.15, 0.2) is 0 Å². The minimum absolute atomic E-state index is 0.0515. The van der Waals surface area contributed by atoms with E-state index >= 15 is 0 Å². The van der Waals surface area contributed by atoms with E-state index in [1.54, 1.807) is 18.2 Å². The van der Waals surface area contributed by atoms with Crippen molar-refractivity contribution in [2.75, 3.05) is 6.61 Å². The first-order chi connectivity index (χ1) is 9.94. The summed E-state index contributed by atoms with van der Waals surface area (Å²) in [5.74, 6) is 1.14. The van der Waals surface area contributed by atoms with Gasteiger partial charge in [-0.15, -0.1) is 0 Å². The Kier molecular flexibility index (Phi) is 5.27. The van der Waals surface area contributed by atoms with E-state index < -0.39 is 10.0 Å². The quantitative estimate of drug-likeness (QED) is 0.908. The lowest BCUT2D eigenvalue weighted by Gasteiger charge is -2.29. The van der Waals surface area contributed by atoms with Gasteiger partial charge in [0.1, 0.15) is 5.75 Å². The molecule has 1 N–H and O–H groups in total. The van der Waals surface area contributed by atoms with E-state index in [2.05, 4.69) is 11.6 Å². The van der Waals surface area contributed by atoms with Crippen molar-refractivity contribution in [3.8, 4) is 5.75 Å². The van der Waals surface area contributed by atoms with Crippen LogP contribution in [-0.2, 0) is 10.0 Å². The van der Waals surface area contributed by atoms with Gasteiger partial charge in [0.05, 0.1) is 11.5 Å². The first-order valence-electron chi connectivity index (χ1n) is 7.70. The van der Waals surface area contributed by atoms with Crippen molar-refractivity contribution < 1.29 is 13.2 Å². The summed E-state index contributed by atoms with van der Waals surface area (Å²) in [6.07, 6.45) is 4.31. The molecule has 21 heavy (non-hydrogen) atoms. The van der Waals surface area contributed by atoms with Crippen LogP contribution in [0.3, 0.4) is 0 Å². The highest BCUT2D eigenvalue weighted by molar-refractivity contribution is 7.89. The Morgan fingerprint density at radius 3 is 2.62 bits per heavy atom. The molecule has 0 unspecified atom stereocenters. The van der Waals surface area contributed by atoms with Crippen LogP contribution in [0.1, 0.15) is 45.1 Å². The minimum Gasteiger partial charge on any atom is -0.494 e. The molecule has 0 amide bonds. The zero-order valence-electron chi connectivity index (χ0n) is 13.1. The Hall–Kier alpha value is -1.07. The molecule has 2 atom stereocenters. The van der Waals surface area contributed by atoms with Gasteiger partial charge in [-0.25, -0.2) is 13.1 Å². The summed E-state index contributed by atoms with van der Waals surface area (Å²) >= 11 is 0. The van der Waals surface area contributed by atoms with Crippen molar-refractivity contribution >= 4 is 10.0 Å². The number of rotatable bonds is 5. The van der Waals surface area contributed by atoms with Gasteiger partial charge in [-0.3, -0.25) is 0 Å². The molecular formula is C16H25NO3S. The maximum absolute atomic E-state index is 12.5. The molecule has 0 bridgehead atoms. The smallest absolute Gasteiger partial charge is 0.240 e. The van der Waals surface area contributed by atoms with Gasteiger partial charge in [-0.1, -0.05) is 19.8 Å². The maximum Gasteiger partial charge on any atom is 0.240 e. The highest BCUT2D eigenvalue weighted by atomic mass is 32.2. The first-order valence-corrected chi connectivity index (χ1v) is 9.18. The lowest BCUT2D eigenvalue weighted by Crippen LogP contribution is -2.40. The molecule has 2 rings (SSSR count). The predicted molar refractivity (Wildman–Crippen MR) is 84.1 cm³/mol. The van der Waals surface area contributed by atoms with Crippen molar-refractivity contribution in [2.24, 2.45) is 5.92 Å². The van der Waals surface area contributed by atoms with Gasteiger partial charge in [0, 0.05) is 6.04 Å². The van der Waals surface area contributed by atoms with Crippen molar-refractivity contribution in [3.63, 3.8) is 0 Å². The topological polar surface area (TPSA) is 55.4 Å². The van der Waals surface area contributed by atoms with E-state index in [9.17, 15) is 8.42 Å². The molecular weight excluding hydrogens is 286 g/mol. The number of nitrogens with one attached hydrogen (secondary N) is 1. The predicted octanol–water partition coefficient (Wildman–Crippen LogP) is 3.25. The van der Waals surface area contributed by atoms with Gasteiger partial charge in [-0.05, 0) is 56.4 Å². The summed E-state index contributed by atoms with van der Waals surface area (Å²) < 4.78 is 33.4. The molecule has 0 heterocycles. The van der Waals surface area contributed by atoms with Crippen molar-refractivity contribution in [3.05, 3.63) is 23.8 Å². The Bertz CT molecular complexity index is 583. The average molecular weight is 311 g/mol. The van der Waals surface area contributed by atoms with Crippen LogP contribution < -0.4 is 9.46 Å². The van der Waals surface area contributed by atoms with Gasteiger partial charge in [0.2, 0.25) is 10.0 Å². The molecule has 1 aromatic carbocycles. The van der Waals surface area contributed by atoms with E-state index in [-0.39, 0.29) is 6.04 Å². The fourth-order valence-electron chi connectivity index (χ4n) is 2.87. The molecule has 1 aromatic rings. The molecule has 118 valence electrons. The van der Waals surface area contributed by atoms with Crippen LogP contribution in [-0.4, -0.2) is 21.1 Å². The third-order valence-corrected chi connectivity index (χ3v) is 5.66. The van der Waals surface area contributed by atoms with Crippen molar-refractivity contribution in [1.29, 1.82) is 0 Å². The standard InChI is InChI=1S/C16H25NO3S/c1-4-20-16-10-9-14(11-13(16)3)21(18,19)17-15-8-6-5-7-12(15)2/h9-12,15,17H,4-8H2,1-3H3/t12-,15+/m1/s1. The van der Waals surface area contributed by atoms with E-state index in [4.69, 9.17) is 4.74 Å². The highest BCUT2D eigenvalue weighted by Crippen LogP contribution is 2.26. The highest BCUT2D eigenvalue weighted by Gasteiger charge is 2.26. The number of sulfonamides is 1. The molecule has 0 radical (unpaired) electrons. The van der Waals surface area contributed by atoms with Gasteiger partial charge in [0.25, 0.3) is 0 Å². The monoisotopic (exact) mass is 311 g/mol. The molecule has 1 fully saturated rings. The van der Waals surface area contributed by atoms with Crippen LogP contribution >= 0.6 is 0 Å². The van der Waals surface area contributed by atoms with Gasteiger partial charge < -0.3 is 4.74 Å². The SMILES string of the molecule is CCOc1ccc(S(=O)(=O)N[C@H]2CCCC[C@H]2C)cc1C. The Balaban J connectivity index is 2.17. The molecule has 1 saturated carbocycles. The lowest BCUT2D eigenvalue weighted by atomic mass is 9.87. The third kappa shape index (κ3) is 3.98. The number of aryl methyl sites for hydroxylation is 1. The van der Waals surface area contributed by atoms with Gasteiger partial charge in [-0.2, -0.15) is 0 Å². The van der Waals surface area contributed by atoms with Crippen LogP contribution in [0.25, 0.3) is 0 Å². The molecule has 1 aliphatic rings. The molecule has 4 nitrogen and oxygen atoms in total. The Labute approximate surface area is 127 Å². The van der Waals surface area contributed by atoms with Crippen LogP contribution in [0.4, 0.5) is 0 Å². The van der Waals surface area contributed by atoms with E-state index in [0.29, 0.717) is 17.4 Å². The molecule has 0 aromatic heterocycles. The van der Waals surface area contributed by atoms with Crippen molar-refractivity contribution in [2.45, 2.75) is 57.4 Å². The summed E-state index contributed by atoms with van der Waals surface area (Å²) in [6, 6.07) is 5.09. The minimum atomic E-state index is -3.45. The number of hydrogen-bond donors (Lipinski definition) is 1. The van der Waals surface area contributed by atoms with E-state index in [1.807, 2.05) is 13.8 Å². The first kappa shape index (κ1) is 16.3. The van der Waals surface area contributed by atoms with Crippen LogP contribution in [0.5, 0.6) is 5.75 Å². The van der Waals surface area contributed by atoms with Crippen LogP contribution in [0.15, 0.2) is 23.1 Å². The van der Waals surface area contributed by atoms with E-state index in [1.165, 1.54) is 6.42 Å². The molecule has 5 heteroatoms. The second-order valence-corrected chi connectivity index (χ2v) is 7.56. The molecule has 1 aliphatic carbocycles. The maximum atomic E-state index is 12.5. The Morgan fingerprint density at radius 2 is 2.00 bits per heavy atom. The lowest BCUT2D eigenvalue weighted by molar-refractivity contribution is 0.310. The Morgan fingerprint density at radius 1 is 1.29 bits per heavy atom. The van der Waals surface area contributed by atoms with Crippen LogP contribution in [0, 0.1) is 12.8 Å². The van der Waals surface area contributed by atoms with Crippen LogP contribution in [0.2, 0.25) is 0 Å². The fraction of sp³-hybridized carbons (Fsp3) is 0.625. The number of benzene rings is 1. The second kappa shape index (κ2) is 6.79. The summed E-state index contributed by atoms with van der Waals surface area (Å²) in [5, 5.41) is 0. The normalized spacial score (nSPS) is 23.0. The van der Waals surface area contributed by atoms with Gasteiger partial charge >= 0.3 is 0 Å². The van der Waals surface area contributed by atoms with Crippen molar-refractivity contribution in [1.82, 2.24) is 4.72 Å². The summed E-state index contributed by atoms with van der Waals surface area (Å²) in [7, 11) is -3.45. The molecule has 0 spiro atoms. The third-order valence-electron chi connectivity index (χ3n) is 4.17. The zero-order chi connectivity index (χ0) is 15.5.